The quantitative estimate of drug-likeness (QED) is 0.517. The van der Waals surface area contributed by atoms with Crippen molar-refractivity contribution in [2.45, 2.75) is 31.3 Å². The maximum atomic E-state index is 12.0. The van der Waals surface area contributed by atoms with Gasteiger partial charge in [-0.1, -0.05) is 60.5 Å². The van der Waals surface area contributed by atoms with E-state index in [2.05, 4.69) is 4.90 Å². The van der Waals surface area contributed by atoms with Crippen LogP contribution in [0.5, 0.6) is 11.5 Å². The van der Waals surface area contributed by atoms with Gasteiger partial charge in [-0.2, -0.15) is 0 Å². The van der Waals surface area contributed by atoms with Gasteiger partial charge in [0.25, 0.3) is 0 Å². The molecule has 2 atom stereocenters. The van der Waals surface area contributed by atoms with Crippen LogP contribution in [0.2, 0.25) is 5.02 Å². The second-order valence-electron chi connectivity index (χ2n) is 7.53. The third kappa shape index (κ3) is 4.66. The molecule has 1 saturated heterocycles. The van der Waals surface area contributed by atoms with E-state index in [1.807, 2.05) is 78.9 Å². The van der Waals surface area contributed by atoms with E-state index in [1.54, 1.807) is 0 Å². The Morgan fingerprint density at radius 3 is 2.37 bits per heavy atom. The third-order valence-corrected chi connectivity index (χ3v) is 5.71. The van der Waals surface area contributed by atoms with Gasteiger partial charge in [-0.15, -0.1) is 0 Å². The van der Waals surface area contributed by atoms with Crippen LogP contribution in [-0.2, 0) is 4.79 Å². The number of benzene rings is 3. The van der Waals surface area contributed by atoms with Gasteiger partial charge >= 0.3 is 5.97 Å². The molecule has 4 rings (SSSR count). The summed E-state index contributed by atoms with van der Waals surface area (Å²) < 4.78 is 6.03. The van der Waals surface area contributed by atoms with Crippen LogP contribution >= 0.6 is 11.6 Å². The molecule has 1 fully saturated rings. The summed E-state index contributed by atoms with van der Waals surface area (Å²) >= 11 is 6.29. The second-order valence-corrected chi connectivity index (χ2v) is 7.97. The Bertz CT molecular complexity index is 1010. The maximum absolute atomic E-state index is 12.0. The van der Waals surface area contributed by atoms with Crippen molar-refractivity contribution in [3.63, 3.8) is 0 Å². The van der Waals surface area contributed by atoms with Crippen LogP contribution in [0.25, 0.3) is 0 Å². The summed E-state index contributed by atoms with van der Waals surface area (Å²) in [6, 6.07) is 24.4. The predicted molar refractivity (Wildman–Crippen MR) is 118 cm³/mol. The molecule has 4 nitrogen and oxygen atoms in total. The average Bonchev–Trinajstić information content (AvgIpc) is 2.75. The monoisotopic (exact) mass is 421 g/mol. The normalized spacial score (nSPS) is 18.0. The van der Waals surface area contributed by atoms with E-state index >= 15 is 0 Å². The van der Waals surface area contributed by atoms with Crippen LogP contribution in [0.15, 0.2) is 78.9 Å². The summed E-state index contributed by atoms with van der Waals surface area (Å²) in [5.74, 6) is 0.698. The minimum atomic E-state index is -0.779. The van der Waals surface area contributed by atoms with Crippen LogP contribution in [-0.4, -0.2) is 28.6 Å². The van der Waals surface area contributed by atoms with Gasteiger partial charge in [-0.3, -0.25) is 9.69 Å². The van der Waals surface area contributed by atoms with E-state index < -0.39 is 12.0 Å². The number of hydrogen-bond donors (Lipinski definition) is 1. The van der Waals surface area contributed by atoms with Gasteiger partial charge in [-0.25, -0.2) is 0 Å². The van der Waals surface area contributed by atoms with Crippen molar-refractivity contribution in [3.8, 4) is 11.5 Å². The zero-order valence-electron chi connectivity index (χ0n) is 16.6. The van der Waals surface area contributed by atoms with E-state index in [-0.39, 0.29) is 6.04 Å². The highest BCUT2D eigenvalue weighted by Crippen LogP contribution is 2.37. The first-order chi connectivity index (χ1) is 14.6. The highest BCUT2D eigenvalue weighted by molar-refractivity contribution is 6.30. The lowest BCUT2D eigenvalue weighted by molar-refractivity contribution is -0.145. The molecular formula is C25H24ClNO3. The first-order valence-electron chi connectivity index (χ1n) is 10.2. The molecule has 5 heteroatoms. The van der Waals surface area contributed by atoms with Crippen molar-refractivity contribution in [1.82, 2.24) is 4.90 Å². The number of piperidine rings is 1. The van der Waals surface area contributed by atoms with Crippen LogP contribution in [0.4, 0.5) is 0 Å². The maximum Gasteiger partial charge on any atom is 0.320 e. The number of carboxylic acid groups (broad SMARTS) is 1. The largest absolute Gasteiger partial charge is 0.480 e. The number of halogens is 1. The lowest BCUT2D eigenvalue weighted by atomic mass is 9.91. The van der Waals surface area contributed by atoms with Crippen LogP contribution < -0.4 is 4.74 Å². The smallest absolute Gasteiger partial charge is 0.320 e. The number of ether oxygens (including phenoxy) is 1. The first kappa shape index (κ1) is 20.5. The van der Waals surface area contributed by atoms with Gasteiger partial charge in [0.2, 0.25) is 0 Å². The number of carboxylic acids is 1. The number of para-hydroxylation sites is 1. The van der Waals surface area contributed by atoms with Gasteiger partial charge in [-0.05, 0) is 66.9 Å². The minimum absolute atomic E-state index is 0.218. The Hall–Kier alpha value is -2.82. The predicted octanol–water partition coefficient (Wildman–Crippen LogP) is 6.16. The second kappa shape index (κ2) is 9.33. The van der Waals surface area contributed by atoms with Crippen molar-refractivity contribution < 1.29 is 14.6 Å². The van der Waals surface area contributed by atoms with Crippen molar-refractivity contribution in [1.29, 1.82) is 0 Å². The fraction of sp³-hybridized carbons (Fsp3) is 0.240. The molecule has 0 bridgehead atoms. The molecule has 2 unspecified atom stereocenters. The van der Waals surface area contributed by atoms with E-state index in [9.17, 15) is 9.90 Å². The molecule has 0 saturated carbocycles. The minimum Gasteiger partial charge on any atom is -0.480 e. The van der Waals surface area contributed by atoms with Crippen LogP contribution in [0.1, 0.15) is 36.4 Å². The molecule has 3 aromatic carbocycles. The number of nitrogens with zero attached hydrogens (tertiary/aromatic N) is 1. The van der Waals surface area contributed by atoms with Gasteiger partial charge in [0.05, 0.1) is 6.04 Å². The Morgan fingerprint density at radius 2 is 1.63 bits per heavy atom. The Kier molecular flexibility index (Phi) is 6.36. The summed E-state index contributed by atoms with van der Waals surface area (Å²) in [7, 11) is 0. The topological polar surface area (TPSA) is 49.8 Å². The standard InChI is InChI=1S/C25H24ClNO3/c26-20-10-6-8-18(16-20)24(27-15-5-4-14-23(27)25(28)29)19-9-7-13-22(17-19)30-21-11-2-1-3-12-21/h1-3,6-13,16-17,23-24H,4-5,14-15H2,(H,28,29). The van der Waals surface area contributed by atoms with Crippen molar-refractivity contribution >= 4 is 17.6 Å². The van der Waals surface area contributed by atoms with E-state index in [1.165, 1.54) is 0 Å². The van der Waals surface area contributed by atoms with Crippen LogP contribution in [0.3, 0.4) is 0 Å². The zero-order chi connectivity index (χ0) is 20.9. The molecule has 0 spiro atoms. The van der Waals surface area contributed by atoms with E-state index in [4.69, 9.17) is 16.3 Å². The molecule has 3 aromatic rings. The molecule has 30 heavy (non-hydrogen) atoms. The lowest BCUT2D eigenvalue weighted by Crippen LogP contribution is -2.46. The Labute approximate surface area is 181 Å². The highest BCUT2D eigenvalue weighted by atomic mass is 35.5. The molecule has 1 aliphatic rings. The first-order valence-corrected chi connectivity index (χ1v) is 10.6. The van der Waals surface area contributed by atoms with Crippen molar-refractivity contribution in [2.24, 2.45) is 0 Å². The van der Waals surface area contributed by atoms with E-state index in [0.717, 1.165) is 42.0 Å². The Balaban J connectivity index is 1.74. The summed E-state index contributed by atoms with van der Waals surface area (Å²) in [5, 5.41) is 10.5. The van der Waals surface area contributed by atoms with Crippen molar-refractivity contribution in [3.05, 3.63) is 95.0 Å². The fourth-order valence-electron chi connectivity index (χ4n) is 4.15. The molecule has 154 valence electrons. The van der Waals surface area contributed by atoms with Crippen LogP contribution in [0, 0.1) is 0 Å². The summed E-state index contributed by atoms with van der Waals surface area (Å²) in [6.45, 7) is 0.720. The molecule has 0 aromatic heterocycles. The van der Waals surface area contributed by atoms with Gasteiger partial charge in [0.15, 0.2) is 0 Å². The molecule has 0 aliphatic carbocycles. The molecular weight excluding hydrogens is 398 g/mol. The lowest BCUT2D eigenvalue weighted by Gasteiger charge is -2.39. The zero-order valence-corrected chi connectivity index (χ0v) is 17.3. The molecule has 1 aliphatic heterocycles. The fourth-order valence-corrected chi connectivity index (χ4v) is 4.35. The van der Waals surface area contributed by atoms with Gasteiger partial charge in [0, 0.05) is 5.02 Å². The summed E-state index contributed by atoms with van der Waals surface area (Å²) in [5.41, 5.74) is 1.96. The summed E-state index contributed by atoms with van der Waals surface area (Å²) in [6.07, 6.45) is 2.54. The highest BCUT2D eigenvalue weighted by Gasteiger charge is 2.35. The molecule has 1 N–H and O–H groups in total. The number of carbonyl (C=O) groups is 1. The number of rotatable bonds is 6. The Morgan fingerprint density at radius 1 is 0.933 bits per heavy atom. The number of hydrogen-bond acceptors (Lipinski definition) is 3. The third-order valence-electron chi connectivity index (χ3n) is 5.48. The average molecular weight is 422 g/mol. The SMILES string of the molecule is O=C(O)C1CCCCN1C(c1cccc(Cl)c1)c1cccc(Oc2ccccc2)c1. The van der Waals surface area contributed by atoms with Gasteiger partial charge < -0.3 is 9.84 Å². The molecule has 0 amide bonds. The van der Waals surface area contributed by atoms with Gasteiger partial charge in [0.1, 0.15) is 17.5 Å². The molecule has 1 heterocycles. The number of likely N-dealkylation sites (tertiary alicyclic amines) is 1. The van der Waals surface area contributed by atoms with Crippen molar-refractivity contribution in [2.75, 3.05) is 6.54 Å². The summed E-state index contributed by atoms with van der Waals surface area (Å²) in [4.78, 5) is 14.1. The number of aliphatic carboxylic acids is 1. The molecule has 0 radical (unpaired) electrons. The van der Waals surface area contributed by atoms with E-state index in [0.29, 0.717) is 11.4 Å².